The molecule has 126 valence electrons. The Morgan fingerprint density at radius 1 is 1.00 bits per heavy atom. The summed E-state index contributed by atoms with van der Waals surface area (Å²) < 4.78 is 0. The maximum atomic E-state index is 12.1. The molecular formula is C18H17Cl2NO3. The third-order valence-electron chi connectivity index (χ3n) is 3.48. The van der Waals surface area contributed by atoms with Crippen LogP contribution in [-0.2, 0) is 22.4 Å². The number of carbonyl (C=O) groups excluding carboxylic acids is 1. The standard InChI is InChI=1S/C18H17Cl2NO3/c19-14-8-13(9-15(20)11-14)6-7-17(22)21-16(18(23)24)10-12-4-2-1-3-5-12/h1-5,8-9,11,16H,6-7,10H2,(H,21,22)(H,23,24)/t16-/m0/s1. The van der Waals surface area contributed by atoms with Crippen molar-refractivity contribution in [3.8, 4) is 0 Å². The number of hydrogen-bond donors (Lipinski definition) is 2. The third kappa shape index (κ3) is 5.87. The van der Waals surface area contributed by atoms with E-state index in [4.69, 9.17) is 23.2 Å². The molecule has 24 heavy (non-hydrogen) atoms. The first-order valence-corrected chi connectivity index (χ1v) is 8.20. The lowest BCUT2D eigenvalue weighted by molar-refractivity contribution is -0.141. The summed E-state index contributed by atoms with van der Waals surface area (Å²) in [5.74, 6) is -1.38. The van der Waals surface area contributed by atoms with Gasteiger partial charge in [-0.1, -0.05) is 53.5 Å². The van der Waals surface area contributed by atoms with Crippen LogP contribution < -0.4 is 5.32 Å². The Kier molecular flexibility index (Phi) is 6.64. The van der Waals surface area contributed by atoms with Crippen LogP contribution in [0.3, 0.4) is 0 Å². The van der Waals surface area contributed by atoms with Crippen LogP contribution in [0.4, 0.5) is 0 Å². The van der Waals surface area contributed by atoms with Crippen molar-refractivity contribution in [3.05, 3.63) is 69.7 Å². The van der Waals surface area contributed by atoms with Gasteiger partial charge in [-0.15, -0.1) is 0 Å². The van der Waals surface area contributed by atoms with Gasteiger partial charge < -0.3 is 10.4 Å². The minimum Gasteiger partial charge on any atom is -0.480 e. The van der Waals surface area contributed by atoms with Gasteiger partial charge in [0.05, 0.1) is 0 Å². The molecule has 1 atom stereocenters. The molecule has 1 amide bonds. The summed E-state index contributed by atoms with van der Waals surface area (Å²) in [5, 5.41) is 12.9. The lowest BCUT2D eigenvalue weighted by Gasteiger charge is -2.14. The zero-order valence-electron chi connectivity index (χ0n) is 12.8. The van der Waals surface area contributed by atoms with Crippen molar-refractivity contribution in [1.82, 2.24) is 5.32 Å². The molecule has 0 aromatic heterocycles. The van der Waals surface area contributed by atoms with Gasteiger partial charge in [0.25, 0.3) is 0 Å². The molecule has 0 unspecified atom stereocenters. The molecule has 6 heteroatoms. The van der Waals surface area contributed by atoms with E-state index in [9.17, 15) is 14.7 Å². The number of carbonyl (C=O) groups is 2. The minimum absolute atomic E-state index is 0.162. The van der Waals surface area contributed by atoms with Crippen LogP contribution >= 0.6 is 23.2 Å². The number of hydrogen-bond acceptors (Lipinski definition) is 2. The number of aliphatic carboxylic acids is 1. The summed E-state index contributed by atoms with van der Waals surface area (Å²) in [6.45, 7) is 0. The van der Waals surface area contributed by atoms with Crippen molar-refractivity contribution in [1.29, 1.82) is 0 Å². The van der Waals surface area contributed by atoms with E-state index in [0.29, 0.717) is 16.5 Å². The highest BCUT2D eigenvalue weighted by Crippen LogP contribution is 2.20. The Balaban J connectivity index is 1.92. The molecule has 2 aromatic rings. The minimum atomic E-state index is -1.06. The van der Waals surface area contributed by atoms with Crippen LogP contribution in [0.1, 0.15) is 17.5 Å². The Morgan fingerprint density at radius 3 is 2.21 bits per heavy atom. The Morgan fingerprint density at radius 2 is 1.62 bits per heavy atom. The number of amides is 1. The van der Waals surface area contributed by atoms with E-state index in [0.717, 1.165) is 11.1 Å². The summed E-state index contributed by atoms with van der Waals surface area (Å²) in [5.41, 5.74) is 1.68. The van der Waals surface area contributed by atoms with Crippen molar-refractivity contribution in [2.75, 3.05) is 0 Å². The fraction of sp³-hybridized carbons (Fsp3) is 0.222. The molecular weight excluding hydrogens is 349 g/mol. The average molecular weight is 366 g/mol. The maximum absolute atomic E-state index is 12.1. The van der Waals surface area contributed by atoms with Crippen LogP contribution in [-0.4, -0.2) is 23.0 Å². The molecule has 0 spiro atoms. The molecule has 0 aliphatic heterocycles. The fourth-order valence-electron chi connectivity index (χ4n) is 2.33. The summed E-state index contributed by atoms with van der Waals surface area (Å²) >= 11 is 11.8. The van der Waals surface area contributed by atoms with E-state index < -0.39 is 12.0 Å². The summed E-state index contributed by atoms with van der Waals surface area (Å²) in [6, 6.07) is 13.3. The van der Waals surface area contributed by atoms with Crippen LogP contribution in [0.2, 0.25) is 10.0 Å². The second-order valence-corrected chi connectivity index (χ2v) is 6.30. The topological polar surface area (TPSA) is 66.4 Å². The normalized spacial score (nSPS) is 11.8. The van der Waals surface area contributed by atoms with Gasteiger partial charge in [0.15, 0.2) is 0 Å². The van der Waals surface area contributed by atoms with Gasteiger partial charge in [-0.05, 0) is 35.7 Å². The predicted molar refractivity (Wildman–Crippen MR) is 94.5 cm³/mol. The van der Waals surface area contributed by atoms with E-state index >= 15 is 0 Å². The van der Waals surface area contributed by atoms with Crippen molar-refractivity contribution >= 4 is 35.1 Å². The smallest absolute Gasteiger partial charge is 0.326 e. The predicted octanol–water partition coefficient (Wildman–Crippen LogP) is 3.74. The number of nitrogens with one attached hydrogen (secondary N) is 1. The first-order chi connectivity index (χ1) is 11.4. The zero-order chi connectivity index (χ0) is 17.5. The van der Waals surface area contributed by atoms with E-state index in [-0.39, 0.29) is 18.7 Å². The molecule has 2 rings (SSSR count). The first-order valence-electron chi connectivity index (χ1n) is 7.45. The summed E-state index contributed by atoms with van der Waals surface area (Å²) in [7, 11) is 0. The van der Waals surface area contributed by atoms with Crippen LogP contribution in [0.25, 0.3) is 0 Å². The molecule has 0 fully saturated rings. The van der Waals surface area contributed by atoms with E-state index in [1.54, 1.807) is 18.2 Å². The highest BCUT2D eigenvalue weighted by molar-refractivity contribution is 6.34. The second-order valence-electron chi connectivity index (χ2n) is 5.43. The Hall–Kier alpha value is -2.04. The number of rotatable bonds is 7. The number of carboxylic acid groups (broad SMARTS) is 1. The average Bonchev–Trinajstić information content (AvgIpc) is 2.52. The van der Waals surface area contributed by atoms with Crippen molar-refractivity contribution in [2.45, 2.75) is 25.3 Å². The van der Waals surface area contributed by atoms with Gasteiger partial charge in [-0.25, -0.2) is 4.79 Å². The van der Waals surface area contributed by atoms with Crippen LogP contribution in [0, 0.1) is 0 Å². The molecule has 0 saturated carbocycles. The SMILES string of the molecule is O=C(CCc1cc(Cl)cc(Cl)c1)N[C@@H](Cc1ccccc1)C(=O)O. The van der Waals surface area contributed by atoms with Crippen LogP contribution in [0.5, 0.6) is 0 Å². The maximum Gasteiger partial charge on any atom is 0.326 e. The van der Waals surface area contributed by atoms with E-state index in [1.165, 1.54) is 0 Å². The highest BCUT2D eigenvalue weighted by atomic mass is 35.5. The van der Waals surface area contributed by atoms with Crippen LogP contribution in [0.15, 0.2) is 48.5 Å². The number of carboxylic acids is 1. The molecule has 0 aliphatic carbocycles. The molecule has 0 bridgehead atoms. The first kappa shape index (κ1) is 18.3. The Labute approximate surface area is 150 Å². The molecule has 0 heterocycles. The van der Waals surface area contributed by atoms with E-state index in [2.05, 4.69) is 5.32 Å². The monoisotopic (exact) mass is 365 g/mol. The fourth-order valence-corrected chi connectivity index (χ4v) is 2.90. The number of halogens is 2. The van der Waals surface area contributed by atoms with Gasteiger partial charge in [0.2, 0.25) is 5.91 Å². The quantitative estimate of drug-likeness (QED) is 0.785. The molecule has 0 saturated heterocycles. The third-order valence-corrected chi connectivity index (χ3v) is 3.92. The second kappa shape index (κ2) is 8.71. The highest BCUT2D eigenvalue weighted by Gasteiger charge is 2.20. The van der Waals surface area contributed by atoms with Gasteiger partial charge in [-0.2, -0.15) is 0 Å². The van der Waals surface area contributed by atoms with Gasteiger partial charge in [0, 0.05) is 22.9 Å². The lowest BCUT2D eigenvalue weighted by atomic mass is 10.1. The number of aryl methyl sites for hydroxylation is 1. The van der Waals surface area contributed by atoms with E-state index in [1.807, 2.05) is 30.3 Å². The molecule has 2 aromatic carbocycles. The molecule has 4 nitrogen and oxygen atoms in total. The van der Waals surface area contributed by atoms with Crippen molar-refractivity contribution < 1.29 is 14.7 Å². The summed E-state index contributed by atoms with van der Waals surface area (Å²) in [6.07, 6.45) is 0.837. The molecule has 2 N–H and O–H groups in total. The van der Waals surface area contributed by atoms with Gasteiger partial charge >= 0.3 is 5.97 Å². The molecule has 0 radical (unpaired) electrons. The van der Waals surface area contributed by atoms with Gasteiger partial charge in [-0.3, -0.25) is 4.79 Å². The Bertz CT molecular complexity index is 699. The van der Waals surface area contributed by atoms with Crippen molar-refractivity contribution in [2.24, 2.45) is 0 Å². The zero-order valence-corrected chi connectivity index (χ0v) is 14.3. The summed E-state index contributed by atoms with van der Waals surface area (Å²) in [4.78, 5) is 23.4. The van der Waals surface area contributed by atoms with Gasteiger partial charge in [0.1, 0.15) is 6.04 Å². The largest absolute Gasteiger partial charge is 0.480 e. The number of benzene rings is 2. The lowest BCUT2D eigenvalue weighted by Crippen LogP contribution is -2.42. The van der Waals surface area contributed by atoms with Crippen molar-refractivity contribution in [3.63, 3.8) is 0 Å². The molecule has 0 aliphatic rings.